The molecule has 0 aliphatic heterocycles. The fraction of sp³-hybridized carbons (Fsp3) is 0.182. The van der Waals surface area contributed by atoms with Crippen LogP contribution in [0.1, 0.15) is 12.5 Å². The van der Waals surface area contributed by atoms with E-state index in [-0.39, 0.29) is 5.82 Å². The van der Waals surface area contributed by atoms with Crippen LogP contribution in [0.15, 0.2) is 35.5 Å². The number of halogens is 1. The lowest BCUT2D eigenvalue weighted by Crippen LogP contribution is -2.02. The summed E-state index contributed by atoms with van der Waals surface area (Å²) in [6.07, 6.45) is 1.71. The molecule has 3 N–H and O–H groups in total. The van der Waals surface area contributed by atoms with Crippen LogP contribution in [0.5, 0.6) is 0 Å². The van der Waals surface area contributed by atoms with Crippen LogP contribution in [0.2, 0.25) is 0 Å². The Bertz CT molecular complexity index is 365. The Labute approximate surface area is 82.8 Å². The van der Waals surface area contributed by atoms with E-state index in [9.17, 15) is 4.39 Å². The minimum atomic E-state index is -0.262. The highest BCUT2D eigenvalue weighted by atomic mass is 19.1. The van der Waals surface area contributed by atoms with E-state index in [0.29, 0.717) is 12.1 Å². The number of hydrogen-bond acceptors (Lipinski definition) is 2. The Morgan fingerprint density at radius 1 is 1.57 bits per heavy atom. The van der Waals surface area contributed by atoms with Crippen molar-refractivity contribution in [1.29, 1.82) is 5.41 Å². The molecule has 0 aliphatic carbocycles. The summed E-state index contributed by atoms with van der Waals surface area (Å²) in [7, 11) is 0. The van der Waals surface area contributed by atoms with Gasteiger partial charge >= 0.3 is 0 Å². The fourth-order valence-electron chi connectivity index (χ4n) is 1.17. The van der Waals surface area contributed by atoms with E-state index in [1.807, 2.05) is 6.07 Å². The van der Waals surface area contributed by atoms with Gasteiger partial charge in [-0.3, -0.25) is 0 Å². The average Bonchev–Trinajstić information content (AvgIpc) is 2.14. The lowest BCUT2D eigenvalue weighted by atomic mass is 10.0. The van der Waals surface area contributed by atoms with Crippen molar-refractivity contribution in [3.8, 4) is 0 Å². The number of hydrogen-bond donors (Lipinski definition) is 2. The van der Waals surface area contributed by atoms with Crippen LogP contribution < -0.4 is 5.73 Å². The van der Waals surface area contributed by atoms with Gasteiger partial charge in [0.2, 0.25) is 0 Å². The summed E-state index contributed by atoms with van der Waals surface area (Å²) in [6, 6.07) is 6.31. The summed E-state index contributed by atoms with van der Waals surface area (Å²) in [6.45, 7) is 1.74. The molecule has 14 heavy (non-hydrogen) atoms. The van der Waals surface area contributed by atoms with Gasteiger partial charge in [0.05, 0.1) is 0 Å². The SMILES string of the molecule is C/C(N)=C(/C=N)Cc1cccc(F)c1. The molecule has 0 aromatic heterocycles. The first-order chi connectivity index (χ1) is 6.63. The van der Waals surface area contributed by atoms with Crippen molar-refractivity contribution in [2.24, 2.45) is 5.73 Å². The first kappa shape index (κ1) is 10.4. The first-order valence-corrected chi connectivity index (χ1v) is 4.33. The number of allylic oxidation sites excluding steroid dienone is 2. The molecule has 0 radical (unpaired) electrons. The first-order valence-electron chi connectivity index (χ1n) is 4.33. The molecule has 1 rings (SSSR count). The third-order valence-electron chi connectivity index (χ3n) is 1.96. The highest BCUT2D eigenvalue weighted by Crippen LogP contribution is 2.09. The zero-order valence-corrected chi connectivity index (χ0v) is 8.05. The highest BCUT2D eigenvalue weighted by Gasteiger charge is 2.00. The van der Waals surface area contributed by atoms with Gasteiger partial charge in [-0.25, -0.2) is 4.39 Å². The summed E-state index contributed by atoms with van der Waals surface area (Å²) in [5.74, 6) is -0.262. The predicted molar refractivity (Wildman–Crippen MR) is 55.8 cm³/mol. The molecule has 0 spiro atoms. The largest absolute Gasteiger partial charge is 0.402 e. The van der Waals surface area contributed by atoms with Crippen LogP contribution in [-0.4, -0.2) is 6.21 Å². The maximum absolute atomic E-state index is 12.8. The van der Waals surface area contributed by atoms with Gasteiger partial charge in [0.15, 0.2) is 0 Å². The Hall–Kier alpha value is -1.64. The molecule has 3 heteroatoms. The summed E-state index contributed by atoms with van der Waals surface area (Å²) >= 11 is 0. The number of nitrogens with one attached hydrogen (secondary N) is 1. The number of nitrogens with two attached hydrogens (primary N) is 1. The Morgan fingerprint density at radius 3 is 2.79 bits per heavy atom. The molecule has 0 heterocycles. The van der Waals surface area contributed by atoms with Crippen molar-refractivity contribution >= 4 is 6.21 Å². The van der Waals surface area contributed by atoms with Crippen molar-refractivity contribution in [3.05, 3.63) is 46.9 Å². The standard InChI is InChI=1S/C11H13FN2/c1-8(14)10(7-13)5-9-3-2-4-11(12)6-9/h2-4,6-7,13H,5,14H2,1H3/b10-8-,13-7?. The monoisotopic (exact) mass is 192 g/mol. The molecule has 1 aromatic carbocycles. The molecule has 0 unspecified atom stereocenters. The highest BCUT2D eigenvalue weighted by molar-refractivity contribution is 5.77. The maximum Gasteiger partial charge on any atom is 0.123 e. The predicted octanol–water partition coefficient (Wildman–Crippen LogP) is 2.25. The zero-order chi connectivity index (χ0) is 10.6. The van der Waals surface area contributed by atoms with Crippen LogP contribution in [0.4, 0.5) is 4.39 Å². The van der Waals surface area contributed by atoms with E-state index in [2.05, 4.69) is 0 Å². The van der Waals surface area contributed by atoms with E-state index in [1.54, 1.807) is 13.0 Å². The quantitative estimate of drug-likeness (QED) is 0.709. The second-order valence-electron chi connectivity index (χ2n) is 3.16. The van der Waals surface area contributed by atoms with Crippen molar-refractivity contribution in [1.82, 2.24) is 0 Å². The third kappa shape index (κ3) is 2.69. The van der Waals surface area contributed by atoms with Gasteiger partial charge < -0.3 is 11.1 Å². The summed E-state index contributed by atoms with van der Waals surface area (Å²) in [4.78, 5) is 0. The van der Waals surface area contributed by atoms with Gasteiger partial charge in [0, 0.05) is 18.3 Å². The molecule has 0 bridgehead atoms. The minimum absolute atomic E-state index is 0.262. The van der Waals surface area contributed by atoms with Crippen molar-refractivity contribution < 1.29 is 4.39 Å². The number of rotatable bonds is 3. The van der Waals surface area contributed by atoms with Gasteiger partial charge in [0.1, 0.15) is 5.82 Å². The van der Waals surface area contributed by atoms with E-state index >= 15 is 0 Å². The van der Waals surface area contributed by atoms with Crippen molar-refractivity contribution in [3.63, 3.8) is 0 Å². The third-order valence-corrected chi connectivity index (χ3v) is 1.96. The fourth-order valence-corrected chi connectivity index (χ4v) is 1.17. The molecule has 1 aromatic rings. The van der Waals surface area contributed by atoms with Crippen LogP contribution in [-0.2, 0) is 6.42 Å². The second-order valence-corrected chi connectivity index (χ2v) is 3.16. The van der Waals surface area contributed by atoms with Crippen LogP contribution >= 0.6 is 0 Å². The molecular weight excluding hydrogens is 179 g/mol. The summed E-state index contributed by atoms with van der Waals surface area (Å²) in [5.41, 5.74) is 7.71. The van der Waals surface area contributed by atoms with E-state index in [0.717, 1.165) is 11.1 Å². The van der Waals surface area contributed by atoms with E-state index in [1.165, 1.54) is 18.3 Å². The Morgan fingerprint density at radius 2 is 2.29 bits per heavy atom. The topological polar surface area (TPSA) is 49.9 Å². The average molecular weight is 192 g/mol. The molecule has 0 saturated heterocycles. The summed E-state index contributed by atoms with van der Waals surface area (Å²) < 4.78 is 12.8. The minimum Gasteiger partial charge on any atom is -0.402 e. The zero-order valence-electron chi connectivity index (χ0n) is 8.05. The van der Waals surface area contributed by atoms with Gasteiger partial charge in [-0.15, -0.1) is 0 Å². The van der Waals surface area contributed by atoms with Gasteiger partial charge in [-0.05, 0) is 30.2 Å². The lowest BCUT2D eigenvalue weighted by Gasteiger charge is -2.03. The molecule has 2 nitrogen and oxygen atoms in total. The Kier molecular flexibility index (Phi) is 3.40. The van der Waals surface area contributed by atoms with Gasteiger partial charge in [-0.1, -0.05) is 12.1 Å². The van der Waals surface area contributed by atoms with E-state index < -0.39 is 0 Å². The molecule has 0 atom stereocenters. The smallest absolute Gasteiger partial charge is 0.123 e. The van der Waals surface area contributed by atoms with Crippen molar-refractivity contribution in [2.75, 3.05) is 0 Å². The molecule has 0 saturated carbocycles. The number of benzene rings is 1. The molecule has 0 aliphatic rings. The maximum atomic E-state index is 12.8. The normalized spacial score (nSPS) is 12.1. The summed E-state index contributed by atoms with van der Waals surface area (Å²) in [5, 5.41) is 7.14. The van der Waals surface area contributed by atoms with Crippen LogP contribution in [0.3, 0.4) is 0 Å². The van der Waals surface area contributed by atoms with Gasteiger partial charge in [0.25, 0.3) is 0 Å². The van der Waals surface area contributed by atoms with Crippen LogP contribution in [0, 0.1) is 11.2 Å². The van der Waals surface area contributed by atoms with E-state index in [4.69, 9.17) is 11.1 Å². The Balaban J connectivity index is 2.88. The molecular formula is C11H13FN2. The van der Waals surface area contributed by atoms with Gasteiger partial charge in [-0.2, -0.15) is 0 Å². The molecule has 0 amide bonds. The molecule has 74 valence electrons. The lowest BCUT2D eigenvalue weighted by molar-refractivity contribution is 0.626. The molecule has 0 fully saturated rings. The second kappa shape index (κ2) is 4.56. The van der Waals surface area contributed by atoms with Crippen molar-refractivity contribution in [2.45, 2.75) is 13.3 Å². The van der Waals surface area contributed by atoms with Crippen LogP contribution in [0.25, 0.3) is 0 Å².